The van der Waals surface area contributed by atoms with Crippen molar-refractivity contribution in [3.05, 3.63) is 71.8 Å². The average molecular weight is 320 g/mol. The summed E-state index contributed by atoms with van der Waals surface area (Å²) in [5, 5.41) is 11.4. The summed E-state index contributed by atoms with van der Waals surface area (Å²) in [4.78, 5) is 0. The zero-order valence-corrected chi connectivity index (χ0v) is 14.2. The van der Waals surface area contributed by atoms with Gasteiger partial charge in [0, 0.05) is 13.2 Å². The molecule has 0 aromatic heterocycles. The predicted molar refractivity (Wildman–Crippen MR) is 100 cm³/mol. The van der Waals surface area contributed by atoms with Crippen molar-refractivity contribution in [3.8, 4) is 11.1 Å². The molecule has 0 radical (unpaired) electrons. The summed E-state index contributed by atoms with van der Waals surface area (Å²) in [7, 11) is 0. The first-order chi connectivity index (χ1) is 11.8. The second-order valence-electron chi connectivity index (χ2n) is 5.96. The SMILES string of the molecule is CCc1cc(COCCCO)c2ccccc2c1-c1ccccc1. The summed E-state index contributed by atoms with van der Waals surface area (Å²) in [5.41, 5.74) is 5.16. The molecule has 3 aromatic carbocycles. The van der Waals surface area contributed by atoms with Crippen LogP contribution >= 0.6 is 0 Å². The first-order valence-corrected chi connectivity index (χ1v) is 8.62. The van der Waals surface area contributed by atoms with Gasteiger partial charge in [-0.25, -0.2) is 0 Å². The number of fused-ring (bicyclic) bond motifs is 1. The maximum absolute atomic E-state index is 8.90. The van der Waals surface area contributed by atoms with E-state index in [9.17, 15) is 0 Å². The van der Waals surface area contributed by atoms with Gasteiger partial charge in [0.15, 0.2) is 0 Å². The van der Waals surface area contributed by atoms with Gasteiger partial charge in [0.25, 0.3) is 0 Å². The van der Waals surface area contributed by atoms with Crippen molar-refractivity contribution in [1.82, 2.24) is 0 Å². The molecule has 0 bridgehead atoms. The molecular formula is C22H24O2. The van der Waals surface area contributed by atoms with E-state index in [1.807, 2.05) is 0 Å². The van der Waals surface area contributed by atoms with E-state index < -0.39 is 0 Å². The molecule has 3 aromatic rings. The number of hydrogen-bond acceptors (Lipinski definition) is 2. The zero-order valence-electron chi connectivity index (χ0n) is 14.2. The third-order valence-electron chi connectivity index (χ3n) is 4.36. The lowest BCUT2D eigenvalue weighted by Gasteiger charge is -2.16. The number of rotatable bonds is 7. The fourth-order valence-corrected chi connectivity index (χ4v) is 3.21. The van der Waals surface area contributed by atoms with Gasteiger partial charge >= 0.3 is 0 Å². The molecule has 0 amide bonds. The summed E-state index contributed by atoms with van der Waals surface area (Å²) in [6.07, 6.45) is 1.67. The van der Waals surface area contributed by atoms with E-state index in [0.29, 0.717) is 19.6 Å². The molecule has 2 heteroatoms. The lowest BCUT2D eigenvalue weighted by Crippen LogP contribution is -2.01. The molecule has 124 valence electrons. The van der Waals surface area contributed by atoms with Crippen LogP contribution in [0.15, 0.2) is 60.7 Å². The maximum atomic E-state index is 8.90. The fourth-order valence-electron chi connectivity index (χ4n) is 3.21. The summed E-state index contributed by atoms with van der Waals surface area (Å²) in [6, 6.07) is 21.4. The normalized spacial score (nSPS) is 11.1. The number of aliphatic hydroxyl groups is 1. The van der Waals surface area contributed by atoms with Crippen molar-refractivity contribution in [2.24, 2.45) is 0 Å². The van der Waals surface area contributed by atoms with Gasteiger partial charge in [-0.05, 0) is 45.9 Å². The molecule has 0 aliphatic rings. The van der Waals surface area contributed by atoms with Crippen molar-refractivity contribution in [2.75, 3.05) is 13.2 Å². The Hall–Kier alpha value is -2.16. The average Bonchev–Trinajstić information content (AvgIpc) is 2.65. The van der Waals surface area contributed by atoms with E-state index in [-0.39, 0.29) is 6.61 Å². The molecule has 3 rings (SSSR count). The third kappa shape index (κ3) is 3.50. The van der Waals surface area contributed by atoms with Gasteiger partial charge in [0.05, 0.1) is 6.61 Å². The number of aryl methyl sites for hydroxylation is 1. The van der Waals surface area contributed by atoms with E-state index in [1.165, 1.54) is 33.0 Å². The molecule has 0 unspecified atom stereocenters. The number of benzene rings is 3. The number of ether oxygens (including phenoxy) is 1. The Labute approximate surface area is 143 Å². The van der Waals surface area contributed by atoms with Crippen LogP contribution in [0.4, 0.5) is 0 Å². The minimum Gasteiger partial charge on any atom is -0.396 e. The van der Waals surface area contributed by atoms with Crippen molar-refractivity contribution in [3.63, 3.8) is 0 Å². The van der Waals surface area contributed by atoms with Crippen LogP contribution in [0, 0.1) is 0 Å². The molecule has 24 heavy (non-hydrogen) atoms. The van der Waals surface area contributed by atoms with Crippen LogP contribution in [0.3, 0.4) is 0 Å². The largest absolute Gasteiger partial charge is 0.396 e. The standard InChI is InChI=1S/C22H24O2/c1-2-17-15-19(16-24-14-8-13-23)20-11-6-7-12-21(20)22(17)18-9-4-3-5-10-18/h3-7,9-12,15,23H,2,8,13-14,16H2,1H3. The predicted octanol–water partition coefficient (Wildman–Crippen LogP) is 4.97. The molecular weight excluding hydrogens is 296 g/mol. The lowest BCUT2D eigenvalue weighted by atomic mass is 9.89. The van der Waals surface area contributed by atoms with Crippen molar-refractivity contribution >= 4 is 10.8 Å². The van der Waals surface area contributed by atoms with Gasteiger partial charge in [-0.15, -0.1) is 0 Å². The molecule has 0 heterocycles. The molecule has 0 spiro atoms. The van der Waals surface area contributed by atoms with Crippen LogP contribution in [0.25, 0.3) is 21.9 Å². The Balaban J connectivity index is 2.09. The van der Waals surface area contributed by atoms with E-state index in [2.05, 4.69) is 67.6 Å². The van der Waals surface area contributed by atoms with Crippen molar-refractivity contribution in [1.29, 1.82) is 0 Å². The van der Waals surface area contributed by atoms with Crippen LogP contribution in [0.2, 0.25) is 0 Å². The summed E-state index contributed by atoms with van der Waals surface area (Å²) in [6.45, 7) is 3.55. The second kappa shape index (κ2) is 8.09. The summed E-state index contributed by atoms with van der Waals surface area (Å²) in [5.74, 6) is 0. The minimum absolute atomic E-state index is 0.175. The Bertz CT molecular complexity index is 794. The summed E-state index contributed by atoms with van der Waals surface area (Å²) < 4.78 is 5.75. The van der Waals surface area contributed by atoms with Crippen LogP contribution in [-0.2, 0) is 17.8 Å². The number of hydrogen-bond donors (Lipinski definition) is 1. The molecule has 0 aliphatic heterocycles. The first kappa shape index (κ1) is 16.7. The maximum Gasteiger partial charge on any atom is 0.0722 e. The highest BCUT2D eigenvalue weighted by Gasteiger charge is 2.12. The van der Waals surface area contributed by atoms with Crippen LogP contribution in [0.5, 0.6) is 0 Å². The van der Waals surface area contributed by atoms with Crippen LogP contribution in [0.1, 0.15) is 24.5 Å². The van der Waals surface area contributed by atoms with E-state index in [4.69, 9.17) is 9.84 Å². The fraction of sp³-hybridized carbons (Fsp3) is 0.273. The lowest BCUT2D eigenvalue weighted by molar-refractivity contribution is 0.105. The minimum atomic E-state index is 0.175. The first-order valence-electron chi connectivity index (χ1n) is 8.62. The highest BCUT2D eigenvalue weighted by molar-refractivity contribution is 6.00. The Morgan fingerprint density at radius 3 is 2.29 bits per heavy atom. The topological polar surface area (TPSA) is 29.5 Å². The Kier molecular flexibility index (Phi) is 5.63. The molecule has 1 N–H and O–H groups in total. The van der Waals surface area contributed by atoms with Crippen LogP contribution in [-0.4, -0.2) is 18.3 Å². The zero-order chi connectivity index (χ0) is 16.8. The van der Waals surface area contributed by atoms with Gasteiger partial charge < -0.3 is 9.84 Å². The van der Waals surface area contributed by atoms with Gasteiger partial charge in [-0.2, -0.15) is 0 Å². The molecule has 0 aliphatic carbocycles. The monoisotopic (exact) mass is 320 g/mol. The van der Waals surface area contributed by atoms with Gasteiger partial charge in [-0.3, -0.25) is 0 Å². The highest BCUT2D eigenvalue weighted by atomic mass is 16.5. The highest BCUT2D eigenvalue weighted by Crippen LogP contribution is 2.35. The molecule has 0 fully saturated rings. The molecule has 0 saturated heterocycles. The molecule has 0 atom stereocenters. The second-order valence-corrected chi connectivity index (χ2v) is 5.96. The van der Waals surface area contributed by atoms with E-state index in [0.717, 1.165) is 6.42 Å². The smallest absolute Gasteiger partial charge is 0.0722 e. The summed E-state index contributed by atoms with van der Waals surface area (Å²) >= 11 is 0. The van der Waals surface area contributed by atoms with Crippen LogP contribution < -0.4 is 0 Å². The Morgan fingerprint density at radius 1 is 0.875 bits per heavy atom. The third-order valence-corrected chi connectivity index (χ3v) is 4.36. The molecule has 2 nitrogen and oxygen atoms in total. The van der Waals surface area contributed by atoms with Gasteiger partial charge in [0.2, 0.25) is 0 Å². The van der Waals surface area contributed by atoms with Gasteiger partial charge in [0.1, 0.15) is 0 Å². The number of aliphatic hydroxyl groups excluding tert-OH is 1. The van der Waals surface area contributed by atoms with Crippen molar-refractivity contribution in [2.45, 2.75) is 26.4 Å². The Morgan fingerprint density at radius 2 is 1.58 bits per heavy atom. The quantitative estimate of drug-likeness (QED) is 0.623. The van der Waals surface area contributed by atoms with Gasteiger partial charge in [-0.1, -0.05) is 67.6 Å². The van der Waals surface area contributed by atoms with E-state index >= 15 is 0 Å². The van der Waals surface area contributed by atoms with Crippen molar-refractivity contribution < 1.29 is 9.84 Å². The molecule has 0 saturated carbocycles. The van der Waals surface area contributed by atoms with E-state index in [1.54, 1.807) is 0 Å².